The van der Waals surface area contributed by atoms with Crippen LogP contribution in [0, 0.1) is 5.82 Å². The van der Waals surface area contributed by atoms with Gasteiger partial charge in [-0.3, -0.25) is 4.90 Å². The van der Waals surface area contributed by atoms with E-state index in [1.807, 2.05) is 30.3 Å². The summed E-state index contributed by atoms with van der Waals surface area (Å²) in [6.45, 7) is 6.39. The smallest absolute Gasteiger partial charge is 0.128 e. The van der Waals surface area contributed by atoms with E-state index in [2.05, 4.69) is 14.8 Å². The van der Waals surface area contributed by atoms with E-state index in [1.54, 1.807) is 6.92 Å². The van der Waals surface area contributed by atoms with Crippen LogP contribution in [0.25, 0.3) is 0 Å². The van der Waals surface area contributed by atoms with Gasteiger partial charge in [0.25, 0.3) is 0 Å². The molecule has 0 radical (unpaired) electrons. The molecule has 1 aliphatic rings. The third kappa shape index (κ3) is 4.30. The van der Waals surface area contributed by atoms with Gasteiger partial charge in [0, 0.05) is 32.7 Å². The second kappa shape index (κ2) is 7.73. The zero-order valence-corrected chi connectivity index (χ0v) is 14.0. The summed E-state index contributed by atoms with van der Waals surface area (Å²) >= 11 is 0. The molecule has 2 aromatic rings. The summed E-state index contributed by atoms with van der Waals surface area (Å²) in [7, 11) is 0. The third-order valence-electron chi connectivity index (χ3n) is 4.42. The van der Waals surface area contributed by atoms with E-state index in [1.165, 1.54) is 12.1 Å². The van der Waals surface area contributed by atoms with E-state index in [0.717, 1.165) is 50.5 Å². The van der Waals surface area contributed by atoms with E-state index in [9.17, 15) is 9.50 Å². The predicted octanol–water partition coefficient (Wildman–Crippen LogP) is 2.99. The average Bonchev–Trinajstić information content (AvgIpc) is 2.83. The maximum absolute atomic E-state index is 13.0. The van der Waals surface area contributed by atoms with Crippen LogP contribution in [0.15, 0.2) is 42.5 Å². The van der Waals surface area contributed by atoms with Gasteiger partial charge in [-0.15, -0.1) is 0 Å². The van der Waals surface area contributed by atoms with Gasteiger partial charge >= 0.3 is 0 Å². The first-order valence-electron chi connectivity index (χ1n) is 8.48. The molecule has 128 valence electrons. The van der Waals surface area contributed by atoms with Gasteiger partial charge in [0.15, 0.2) is 0 Å². The number of rotatable bonds is 4. The van der Waals surface area contributed by atoms with Gasteiger partial charge in [0.2, 0.25) is 0 Å². The van der Waals surface area contributed by atoms with Crippen LogP contribution in [0.4, 0.5) is 10.2 Å². The number of pyridine rings is 1. The van der Waals surface area contributed by atoms with Crippen LogP contribution < -0.4 is 4.90 Å². The highest BCUT2D eigenvalue weighted by atomic mass is 19.1. The molecule has 1 aromatic carbocycles. The fraction of sp³-hybridized carbons (Fsp3) is 0.421. The van der Waals surface area contributed by atoms with Crippen LogP contribution in [-0.2, 0) is 6.54 Å². The SMILES string of the molecule is C[C@H](O)c1cccc(N2CCCN(Cc3ccc(F)cc3)CC2)n1. The van der Waals surface area contributed by atoms with Gasteiger partial charge in [0.05, 0.1) is 11.8 Å². The number of aliphatic hydroxyl groups is 1. The van der Waals surface area contributed by atoms with Crippen LogP contribution in [-0.4, -0.2) is 41.2 Å². The standard InChI is InChI=1S/C19H24FN3O/c1-15(24)18-4-2-5-19(21-18)23-11-3-10-22(12-13-23)14-16-6-8-17(20)9-7-16/h2,4-9,15,24H,3,10-14H2,1H3/t15-/m0/s1. The van der Waals surface area contributed by atoms with Crippen LogP contribution >= 0.6 is 0 Å². The fourth-order valence-electron chi connectivity index (χ4n) is 3.05. The number of aromatic nitrogens is 1. The van der Waals surface area contributed by atoms with Crippen molar-refractivity contribution < 1.29 is 9.50 Å². The van der Waals surface area contributed by atoms with Crippen LogP contribution in [0.3, 0.4) is 0 Å². The Morgan fingerprint density at radius 2 is 1.88 bits per heavy atom. The third-order valence-corrected chi connectivity index (χ3v) is 4.42. The molecule has 24 heavy (non-hydrogen) atoms. The van der Waals surface area contributed by atoms with E-state index in [-0.39, 0.29) is 5.82 Å². The number of hydrogen-bond donors (Lipinski definition) is 1. The van der Waals surface area contributed by atoms with Gasteiger partial charge in [-0.05, 0) is 43.2 Å². The molecule has 1 aliphatic heterocycles. The summed E-state index contributed by atoms with van der Waals surface area (Å²) < 4.78 is 13.0. The summed E-state index contributed by atoms with van der Waals surface area (Å²) in [5, 5.41) is 9.71. The van der Waals surface area contributed by atoms with Crippen molar-refractivity contribution in [1.82, 2.24) is 9.88 Å². The maximum atomic E-state index is 13.0. The van der Waals surface area contributed by atoms with Crippen molar-refractivity contribution in [3.05, 3.63) is 59.5 Å². The Hall–Kier alpha value is -1.98. The first-order chi connectivity index (χ1) is 11.6. The van der Waals surface area contributed by atoms with Gasteiger partial charge in [0.1, 0.15) is 11.6 Å². The first-order valence-corrected chi connectivity index (χ1v) is 8.48. The molecule has 3 rings (SSSR count). The highest BCUT2D eigenvalue weighted by molar-refractivity contribution is 5.39. The molecule has 2 heterocycles. The Kier molecular flexibility index (Phi) is 5.43. The zero-order valence-electron chi connectivity index (χ0n) is 14.0. The summed E-state index contributed by atoms with van der Waals surface area (Å²) in [6.07, 6.45) is 0.508. The fourth-order valence-corrected chi connectivity index (χ4v) is 3.05. The van der Waals surface area contributed by atoms with Gasteiger partial charge in [-0.1, -0.05) is 18.2 Å². The minimum Gasteiger partial charge on any atom is -0.387 e. The monoisotopic (exact) mass is 329 g/mol. The van der Waals surface area contributed by atoms with E-state index >= 15 is 0 Å². The number of nitrogens with zero attached hydrogens (tertiary/aromatic N) is 3. The van der Waals surface area contributed by atoms with Gasteiger partial charge in [-0.2, -0.15) is 0 Å². The summed E-state index contributed by atoms with van der Waals surface area (Å²) in [4.78, 5) is 9.24. The minimum absolute atomic E-state index is 0.190. The lowest BCUT2D eigenvalue weighted by Gasteiger charge is -2.23. The quantitative estimate of drug-likeness (QED) is 0.936. The molecule has 1 saturated heterocycles. The van der Waals surface area contributed by atoms with Crippen molar-refractivity contribution in [2.24, 2.45) is 0 Å². The maximum Gasteiger partial charge on any atom is 0.128 e. The average molecular weight is 329 g/mol. The molecule has 5 heteroatoms. The van der Waals surface area contributed by atoms with Crippen molar-refractivity contribution >= 4 is 5.82 Å². The Morgan fingerprint density at radius 1 is 1.08 bits per heavy atom. The number of aliphatic hydroxyl groups excluding tert-OH is 1. The normalized spacial score (nSPS) is 17.5. The molecule has 1 aromatic heterocycles. The summed E-state index contributed by atoms with van der Waals surface area (Å²) in [6, 6.07) is 12.5. The molecule has 1 atom stereocenters. The second-order valence-electron chi connectivity index (χ2n) is 6.34. The second-order valence-corrected chi connectivity index (χ2v) is 6.34. The Labute approximate surface area is 142 Å². The van der Waals surface area contributed by atoms with E-state index in [4.69, 9.17) is 0 Å². The first kappa shape index (κ1) is 16.9. The van der Waals surface area contributed by atoms with Crippen LogP contribution in [0.2, 0.25) is 0 Å². The van der Waals surface area contributed by atoms with Crippen molar-refractivity contribution in [3.8, 4) is 0 Å². The molecular weight excluding hydrogens is 305 g/mol. The lowest BCUT2D eigenvalue weighted by molar-refractivity contribution is 0.194. The highest BCUT2D eigenvalue weighted by Crippen LogP contribution is 2.18. The summed E-state index contributed by atoms with van der Waals surface area (Å²) in [5.74, 6) is 0.738. The molecule has 1 fully saturated rings. The van der Waals surface area contributed by atoms with Crippen molar-refractivity contribution in [2.75, 3.05) is 31.1 Å². The molecule has 0 spiro atoms. The molecule has 1 N–H and O–H groups in total. The number of hydrogen-bond acceptors (Lipinski definition) is 4. The Balaban J connectivity index is 1.62. The number of anilines is 1. The zero-order chi connectivity index (χ0) is 16.9. The Morgan fingerprint density at radius 3 is 2.62 bits per heavy atom. The topological polar surface area (TPSA) is 39.6 Å². The van der Waals surface area contributed by atoms with Crippen molar-refractivity contribution in [1.29, 1.82) is 0 Å². The van der Waals surface area contributed by atoms with Crippen molar-refractivity contribution in [2.45, 2.75) is 26.0 Å². The lowest BCUT2D eigenvalue weighted by atomic mass is 10.2. The molecule has 0 amide bonds. The van der Waals surface area contributed by atoms with E-state index < -0.39 is 6.10 Å². The Bertz CT molecular complexity index is 660. The number of halogens is 1. The summed E-state index contributed by atoms with van der Waals surface area (Å²) in [5.41, 5.74) is 1.85. The largest absolute Gasteiger partial charge is 0.387 e. The highest BCUT2D eigenvalue weighted by Gasteiger charge is 2.17. The molecule has 0 bridgehead atoms. The molecule has 0 aliphatic carbocycles. The van der Waals surface area contributed by atoms with Gasteiger partial charge in [-0.25, -0.2) is 9.37 Å². The van der Waals surface area contributed by atoms with Crippen LogP contribution in [0.5, 0.6) is 0 Å². The lowest BCUT2D eigenvalue weighted by Crippen LogP contribution is -2.31. The predicted molar refractivity (Wildman–Crippen MR) is 93.4 cm³/mol. The molecular formula is C19H24FN3O. The number of benzene rings is 1. The molecule has 0 saturated carbocycles. The van der Waals surface area contributed by atoms with Crippen LogP contribution in [0.1, 0.15) is 30.7 Å². The minimum atomic E-state index is -0.549. The van der Waals surface area contributed by atoms with Crippen molar-refractivity contribution in [3.63, 3.8) is 0 Å². The molecule has 4 nitrogen and oxygen atoms in total. The molecule has 0 unspecified atom stereocenters. The van der Waals surface area contributed by atoms with E-state index in [0.29, 0.717) is 5.69 Å². The van der Waals surface area contributed by atoms with Gasteiger partial charge < -0.3 is 10.0 Å².